The number of amides is 3. The van der Waals surface area contributed by atoms with E-state index in [4.69, 9.17) is 4.74 Å². The highest BCUT2D eigenvalue weighted by Crippen LogP contribution is 2.29. The minimum atomic E-state index is -3.42. The van der Waals surface area contributed by atoms with Gasteiger partial charge in [-0.25, -0.2) is 8.42 Å². The fourth-order valence-corrected chi connectivity index (χ4v) is 6.80. The lowest BCUT2D eigenvalue weighted by atomic mass is 10.1. The number of hydrogen-bond donors (Lipinski definition) is 3. The Morgan fingerprint density at radius 1 is 0.860 bits per heavy atom. The molecule has 0 aliphatic carbocycles. The molecule has 0 aromatic heterocycles. The van der Waals surface area contributed by atoms with Crippen LogP contribution < -0.4 is 30.6 Å². The second-order valence-corrected chi connectivity index (χ2v) is 13.6. The number of hydrogen-bond acceptors (Lipinski definition) is 9. The zero-order valence-corrected chi connectivity index (χ0v) is 28.9. The minimum Gasteiger partial charge on any atom is -0.494 e. The SMILES string of the molecule is CCN(CC)c1ccc(NC2(NC(C)=O)C(=O)N(c3ccccc3)N=C2NC(=O)c2ccc(OCCCS(=O)(=O)c3ccccc3)cc2)cc1. The highest BCUT2D eigenvalue weighted by Gasteiger charge is 2.54. The van der Waals surface area contributed by atoms with Crippen LogP contribution in [0.5, 0.6) is 5.75 Å². The van der Waals surface area contributed by atoms with E-state index in [1.165, 1.54) is 19.1 Å². The maximum atomic E-state index is 14.2. The molecule has 1 unspecified atom stereocenters. The largest absolute Gasteiger partial charge is 0.494 e. The minimum absolute atomic E-state index is 0.0670. The average molecular weight is 697 g/mol. The highest BCUT2D eigenvalue weighted by atomic mass is 32.2. The molecular formula is C37H40N6O6S. The van der Waals surface area contributed by atoms with Crippen LogP contribution in [0.3, 0.4) is 0 Å². The number of hydrazone groups is 1. The number of para-hydroxylation sites is 1. The predicted molar refractivity (Wildman–Crippen MR) is 194 cm³/mol. The molecule has 0 saturated heterocycles. The van der Waals surface area contributed by atoms with E-state index in [9.17, 15) is 22.8 Å². The second-order valence-electron chi connectivity index (χ2n) is 11.5. The van der Waals surface area contributed by atoms with Crippen LogP contribution in [0.1, 0.15) is 37.6 Å². The van der Waals surface area contributed by atoms with Crippen molar-refractivity contribution in [3.63, 3.8) is 0 Å². The number of nitrogens with one attached hydrogen (secondary N) is 3. The van der Waals surface area contributed by atoms with Crippen molar-refractivity contribution in [3.8, 4) is 5.75 Å². The summed E-state index contributed by atoms with van der Waals surface area (Å²) in [6, 6.07) is 30.6. The van der Waals surface area contributed by atoms with E-state index in [1.54, 1.807) is 84.9 Å². The number of rotatable bonds is 14. The average Bonchev–Trinajstić information content (AvgIpc) is 3.38. The van der Waals surface area contributed by atoms with Gasteiger partial charge in [-0.15, -0.1) is 5.10 Å². The first-order valence-corrected chi connectivity index (χ1v) is 17.9. The van der Waals surface area contributed by atoms with Gasteiger partial charge >= 0.3 is 5.91 Å². The van der Waals surface area contributed by atoms with Gasteiger partial charge in [-0.2, -0.15) is 5.01 Å². The third-order valence-electron chi connectivity index (χ3n) is 8.04. The molecule has 0 spiro atoms. The molecule has 4 aromatic rings. The van der Waals surface area contributed by atoms with E-state index < -0.39 is 33.2 Å². The van der Waals surface area contributed by atoms with Gasteiger partial charge < -0.3 is 25.6 Å². The number of benzene rings is 4. The number of carbonyl (C=O) groups excluding carboxylic acids is 3. The first kappa shape index (κ1) is 35.6. The molecule has 0 bridgehead atoms. The lowest BCUT2D eigenvalue weighted by molar-refractivity contribution is -0.127. The van der Waals surface area contributed by atoms with E-state index in [0.29, 0.717) is 17.1 Å². The normalized spacial score (nSPS) is 15.6. The van der Waals surface area contributed by atoms with Gasteiger partial charge in [0.15, 0.2) is 15.7 Å². The molecule has 13 heteroatoms. The van der Waals surface area contributed by atoms with Gasteiger partial charge in [0.25, 0.3) is 11.6 Å². The Hall–Kier alpha value is -5.69. The second kappa shape index (κ2) is 15.7. The van der Waals surface area contributed by atoms with Crippen LogP contribution >= 0.6 is 0 Å². The molecule has 3 N–H and O–H groups in total. The summed E-state index contributed by atoms with van der Waals surface area (Å²) in [6.07, 6.45) is 0.279. The smallest absolute Gasteiger partial charge is 0.302 e. The molecule has 260 valence electrons. The van der Waals surface area contributed by atoms with Gasteiger partial charge in [-0.3, -0.25) is 14.4 Å². The van der Waals surface area contributed by atoms with Gasteiger partial charge in [0.05, 0.1) is 22.9 Å². The summed E-state index contributed by atoms with van der Waals surface area (Å²) in [5.41, 5.74) is 0.227. The van der Waals surface area contributed by atoms with E-state index in [0.717, 1.165) is 23.8 Å². The standard InChI is InChI=1S/C37H40N6O6S/c1-4-42(5-2)30-21-19-29(20-22-30)40-37(39-27(3)44)35(41-43(36(37)46)31-13-8-6-9-14-31)38-34(45)28-17-23-32(24-18-28)49-25-12-26-50(47,48)33-15-10-7-11-16-33/h6-11,13-24,40H,4-5,12,25-26H2,1-3H3,(H,39,44)(H,38,41,45). The van der Waals surface area contributed by atoms with Crippen LogP contribution in [0.15, 0.2) is 119 Å². The molecule has 0 radical (unpaired) electrons. The molecule has 0 fully saturated rings. The van der Waals surface area contributed by atoms with E-state index in [1.807, 2.05) is 12.1 Å². The van der Waals surface area contributed by atoms with Gasteiger partial charge in [0, 0.05) is 37.0 Å². The molecule has 4 aromatic carbocycles. The quantitative estimate of drug-likeness (QED) is 0.126. The van der Waals surface area contributed by atoms with Crippen molar-refractivity contribution in [1.29, 1.82) is 0 Å². The van der Waals surface area contributed by atoms with E-state index in [2.05, 4.69) is 39.8 Å². The van der Waals surface area contributed by atoms with Gasteiger partial charge in [0.2, 0.25) is 5.91 Å². The Morgan fingerprint density at radius 2 is 1.48 bits per heavy atom. The Balaban J connectivity index is 1.34. The van der Waals surface area contributed by atoms with Gasteiger partial charge in [-0.1, -0.05) is 36.4 Å². The summed E-state index contributed by atoms with van der Waals surface area (Å²) in [5, 5.41) is 14.3. The third-order valence-corrected chi connectivity index (χ3v) is 9.85. The van der Waals surface area contributed by atoms with Gasteiger partial charge in [-0.05, 0) is 93.1 Å². The maximum absolute atomic E-state index is 14.2. The number of amidine groups is 1. The van der Waals surface area contributed by atoms with Crippen LogP contribution in [0, 0.1) is 0 Å². The highest BCUT2D eigenvalue weighted by molar-refractivity contribution is 7.91. The summed E-state index contributed by atoms with van der Waals surface area (Å²) >= 11 is 0. The Labute approximate surface area is 292 Å². The molecule has 1 atom stereocenters. The molecule has 1 heterocycles. The first-order valence-electron chi connectivity index (χ1n) is 16.3. The van der Waals surface area contributed by atoms with Crippen molar-refractivity contribution >= 4 is 50.5 Å². The number of anilines is 3. The predicted octanol–water partition coefficient (Wildman–Crippen LogP) is 4.81. The Kier molecular flexibility index (Phi) is 11.2. The summed E-state index contributed by atoms with van der Waals surface area (Å²) < 4.78 is 30.8. The Morgan fingerprint density at radius 3 is 2.08 bits per heavy atom. The van der Waals surface area contributed by atoms with Crippen LogP contribution in [0.25, 0.3) is 0 Å². The molecule has 3 amide bonds. The number of sulfone groups is 1. The summed E-state index contributed by atoms with van der Waals surface area (Å²) in [6.45, 7) is 7.20. The van der Waals surface area contributed by atoms with Crippen LogP contribution in [0.4, 0.5) is 17.1 Å². The van der Waals surface area contributed by atoms with Crippen molar-refractivity contribution < 1.29 is 27.5 Å². The molecule has 0 saturated carbocycles. The first-order chi connectivity index (χ1) is 24.1. The third kappa shape index (κ3) is 8.12. The van der Waals surface area contributed by atoms with Crippen molar-refractivity contribution in [2.45, 2.75) is 37.8 Å². The van der Waals surface area contributed by atoms with E-state index in [-0.39, 0.29) is 35.1 Å². The van der Waals surface area contributed by atoms with Gasteiger partial charge in [0.1, 0.15) is 5.75 Å². The molecule has 12 nitrogen and oxygen atoms in total. The fraction of sp³-hybridized carbons (Fsp3) is 0.243. The Bertz CT molecular complexity index is 1930. The summed E-state index contributed by atoms with van der Waals surface area (Å²) in [7, 11) is -3.42. The van der Waals surface area contributed by atoms with Crippen LogP contribution in [-0.4, -0.2) is 63.1 Å². The van der Waals surface area contributed by atoms with Crippen LogP contribution in [0.2, 0.25) is 0 Å². The monoisotopic (exact) mass is 696 g/mol. The number of carbonyl (C=O) groups is 3. The van der Waals surface area contributed by atoms with Crippen molar-refractivity contribution in [2.24, 2.45) is 5.10 Å². The van der Waals surface area contributed by atoms with Crippen molar-refractivity contribution in [3.05, 3.63) is 115 Å². The van der Waals surface area contributed by atoms with Crippen LogP contribution in [-0.2, 0) is 19.4 Å². The van der Waals surface area contributed by atoms with Crippen molar-refractivity contribution in [2.75, 3.05) is 40.7 Å². The summed E-state index contributed by atoms with van der Waals surface area (Å²) in [4.78, 5) is 42.9. The number of nitrogens with zero attached hydrogens (tertiary/aromatic N) is 3. The fourth-order valence-electron chi connectivity index (χ4n) is 5.49. The lowest BCUT2D eigenvalue weighted by Gasteiger charge is -2.31. The topological polar surface area (TPSA) is 150 Å². The molecular weight excluding hydrogens is 657 g/mol. The number of ether oxygens (including phenoxy) is 1. The summed E-state index contributed by atoms with van der Waals surface area (Å²) in [5.74, 6) is -1.48. The molecule has 5 rings (SSSR count). The molecule has 50 heavy (non-hydrogen) atoms. The molecule has 1 aliphatic heterocycles. The van der Waals surface area contributed by atoms with Crippen molar-refractivity contribution in [1.82, 2.24) is 10.6 Å². The van der Waals surface area contributed by atoms with E-state index >= 15 is 0 Å². The lowest BCUT2D eigenvalue weighted by Crippen LogP contribution is -2.67. The molecule has 1 aliphatic rings. The zero-order chi connectivity index (χ0) is 35.7. The maximum Gasteiger partial charge on any atom is 0.302 e. The zero-order valence-electron chi connectivity index (χ0n) is 28.1.